The van der Waals surface area contributed by atoms with Crippen molar-refractivity contribution in [1.82, 2.24) is 49.0 Å². The summed E-state index contributed by atoms with van der Waals surface area (Å²) in [6.45, 7) is 18.7. The van der Waals surface area contributed by atoms with Crippen molar-refractivity contribution in [1.29, 1.82) is 0 Å². The van der Waals surface area contributed by atoms with E-state index in [1.165, 1.54) is 0 Å². The Hall–Kier alpha value is -5.95. The number of benzene rings is 5. The number of nitrogens with zero attached hydrogens (tertiary/aromatic N) is 10. The summed E-state index contributed by atoms with van der Waals surface area (Å²) in [6.07, 6.45) is -5.62. The van der Waals surface area contributed by atoms with E-state index in [1.807, 2.05) is 85.2 Å². The van der Waals surface area contributed by atoms with Gasteiger partial charge in [0.25, 0.3) is 30.4 Å². The fourth-order valence-corrected chi connectivity index (χ4v) is 19.2. The normalized spacial score (nSPS) is 17.3. The van der Waals surface area contributed by atoms with Gasteiger partial charge in [-0.2, -0.15) is 25.3 Å². The van der Waals surface area contributed by atoms with Gasteiger partial charge in [0.05, 0.1) is 169 Å². The van der Waals surface area contributed by atoms with Gasteiger partial charge in [0.2, 0.25) is 28.7 Å². The van der Waals surface area contributed by atoms with Crippen molar-refractivity contribution in [2.75, 3.05) is 299 Å². The second kappa shape index (κ2) is 60.6. The summed E-state index contributed by atoms with van der Waals surface area (Å²) >= 11 is 0. The minimum atomic E-state index is -4.42. The molecular formula is C85H138N10Na2O35S5. The van der Waals surface area contributed by atoms with Crippen molar-refractivity contribution in [2.45, 2.75) is 63.2 Å². The molecular weight excluding hydrogens is 1930 g/mol. The van der Waals surface area contributed by atoms with Gasteiger partial charge in [-0.05, 0) is 30.3 Å². The second-order valence-electron chi connectivity index (χ2n) is 32.3. The van der Waals surface area contributed by atoms with Gasteiger partial charge in [0.15, 0.2) is 57.5 Å². The summed E-state index contributed by atoms with van der Waals surface area (Å²) in [7, 11) is 2.32. The molecule has 0 aromatic heterocycles. The van der Waals surface area contributed by atoms with Gasteiger partial charge in [-0.3, -0.25) is 62.7 Å². The summed E-state index contributed by atoms with van der Waals surface area (Å²) in [6, 6.07) is 18.9. The summed E-state index contributed by atoms with van der Waals surface area (Å²) in [5, 5.41) is 48.8. The number of hydrogen-bond acceptors (Lipinski definition) is 42. The summed E-state index contributed by atoms with van der Waals surface area (Å²) in [4.78, 5) is 21.1. The molecule has 0 aliphatic carbocycles. The zero-order chi connectivity index (χ0) is 100. The fourth-order valence-electron chi connectivity index (χ4n) is 16.2. The van der Waals surface area contributed by atoms with E-state index >= 15 is 0 Å². The van der Waals surface area contributed by atoms with E-state index in [-0.39, 0.29) is 91.8 Å². The van der Waals surface area contributed by atoms with Crippen LogP contribution >= 0.6 is 0 Å². The second-order valence-corrected chi connectivity index (χ2v) is 39.7. The van der Waals surface area contributed by atoms with Crippen LogP contribution < -0.4 is 130 Å². The molecule has 8 N–H and O–H groups in total. The quantitative estimate of drug-likeness (QED) is 0.0133. The average Bonchev–Trinajstić information content (AvgIpc) is 0.829. The SMILES string of the molecule is COc1ccc(CN2CCN(CC(O)CS(=O)(=O)O)CC2)c(OC)c1OC.COc1ccc(CN2CCN(CC(O)CS(=O)(=O)O)CC2)c(OC)c1OC.COc1ccc(CN2CCN(CC(O)CS(=O)(=O)O)CC2)c(OC)c1OC.COc1ccc(CN2CCN(CC(O)CS(=O)(=O)[O-])CC2)c(OC)c1OC.COc1ccc(CN2CCN(CC(O)CS(=O)(=O)[O-])CC2)c(OC)c1OC.[Na+].[Na+]. The van der Waals surface area contributed by atoms with E-state index in [0.29, 0.717) is 184 Å². The smallest absolute Gasteiger partial charge is 0.748 e. The monoisotopic (exact) mass is 2060 g/mol. The fraction of sp³-hybridized carbons (Fsp3) is 0.647. The first-order valence-electron chi connectivity index (χ1n) is 43.1. The number of β-amino-alcohol motifs (C(OH)–C–C–N with tert-alkyl or cyclic N) is 5. The molecule has 5 fully saturated rings. The largest absolute Gasteiger partial charge is 1.00 e. The topological polar surface area (TPSA) is 550 Å². The Morgan fingerprint density at radius 1 is 0.226 bits per heavy atom. The van der Waals surface area contributed by atoms with Crippen molar-refractivity contribution in [3.05, 3.63) is 88.5 Å². The van der Waals surface area contributed by atoms with Crippen LogP contribution in [-0.2, 0) is 83.3 Å². The van der Waals surface area contributed by atoms with Gasteiger partial charge < -0.3 is 106 Å². The molecule has 5 heterocycles. The summed E-state index contributed by atoms with van der Waals surface area (Å²) in [5.41, 5.74) is 4.89. The average molecular weight is 2070 g/mol. The number of piperazine rings is 5. The number of hydrogen-bond donors (Lipinski definition) is 8. The molecule has 137 heavy (non-hydrogen) atoms. The van der Waals surface area contributed by atoms with Crippen LogP contribution in [0.25, 0.3) is 0 Å². The third kappa shape index (κ3) is 42.5. The molecule has 45 nitrogen and oxygen atoms in total. The van der Waals surface area contributed by atoms with Crippen molar-refractivity contribution in [2.24, 2.45) is 0 Å². The van der Waals surface area contributed by atoms with Crippen LogP contribution in [0.1, 0.15) is 27.8 Å². The Morgan fingerprint density at radius 2 is 0.358 bits per heavy atom. The number of aliphatic hydroxyl groups excluding tert-OH is 5. The molecule has 0 saturated carbocycles. The number of rotatable bonds is 45. The molecule has 5 atom stereocenters. The first-order chi connectivity index (χ1) is 63.8. The van der Waals surface area contributed by atoms with E-state index in [2.05, 4.69) is 24.5 Å². The van der Waals surface area contributed by atoms with Crippen molar-refractivity contribution >= 4 is 50.6 Å². The Labute approximate surface area is 850 Å². The number of ether oxygens (including phenoxy) is 15. The van der Waals surface area contributed by atoms with Crippen LogP contribution in [0.4, 0.5) is 0 Å². The first kappa shape index (κ1) is 123. The Morgan fingerprint density at radius 3 is 0.474 bits per heavy atom. The van der Waals surface area contributed by atoms with Gasteiger partial charge in [-0.15, -0.1) is 0 Å². The maximum Gasteiger partial charge on any atom is 1.00 e. The molecule has 5 saturated heterocycles. The van der Waals surface area contributed by atoms with E-state index in [1.54, 1.807) is 107 Å². The van der Waals surface area contributed by atoms with E-state index in [9.17, 15) is 76.7 Å². The Kier molecular flexibility index (Phi) is 54.6. The predicted octanol–water partition coefficient (Wildman–Crippen LogP) is -6.28. The molecule has 0 bridgehead atoms. The molecule has 5 aliphatic heterocycles. The predicted molar refractivity (Wildman–Crippen MR) is 497 cm³/mol. The standard InChI is InChI=1S/5C17H28N2O7S.2Na/c5*1-24-15-5-4-13(16(25-2)17(15)26-3)10-18-6-8-19(9-7-18)11-14(20)12-27(21,22)23;;/h5*4-5,14,20H,6-12H2,1-3H3,(H,21,22,23);;/q;;;;;2*+1/p-2. The van der Waals surface area contributed by atoms with E-state index < -0.39 is 110 Å². The van der Waals surface area contributed by atoms with E-state index in [4.69, 9.17) is 84.7 Å². The minimum Gasteiger partial charge on any atom is -0.748 e. The summed E-state index contributed by atoms with van der Waals surface area (Å²) in [5.74, 6) is 5.57. The first-order valence-corrected chi connectivity index (χ1v) is 51.1. The molecule has 5 unspecified atom stereocenters. The van der Waals surface area contributed by atoms with Crippen LogP contribution in [0, 0.1) is 0 Å². The molecule has 5 aromatic rings. The van der Waals surface area contributed by atoms with Crippen LogP contribution in [0.2, 0.25) is 0 Å². The molecule has 0 spiro atoms. The molecule has 10 rings (SSSR count). The van der Waals surface area contributed by atoms with Gasteiger partial charge in [-0.1, -0.05) is 30.3 Å². The zero-order valence-electron chi connectivity index (χ0n) is 81.5. The zero-order valence-corrected chi connectivity index (χ0v) is 89.6. The van der Waals surface area contributed by atoms with Gasteiger partial charge in [0, 0.05) is 224 Å². The van der Waals surface area contributed by atoms with Crippen LogP contribution in [0.3, 0.4) is 0 Å². The Balaban J connectivity index is 0.000000356. The molecule has 0 amide bonds. The van der Waals surface area contributed by atoms with Crippen LogP contribution in [0.5, 0.6) is 86.2 Å². The van der Waals surface area contributed by atoms with Gasteiger partial charge in [-0.25, -0.2) is 16.8 Å². The third-order valence-corrected chi connectivity index (χ3v) is 26.6. The maximum absolute atomic E-state index is 10.8. The minimum absolute atomic E-state index is 0. The number of aliphatic hydroxyl groups is 5. The maximum atomic E-state index is 10.8. The molecule has 5 aromatic carbocycles. The molecule has 0 radical (unpaired) electrons. The van der Waals surface area contributed by atoms with Crippen molar-refractivity contribution in [3.63, 3.8) is 0 Å². The van der Waals surface area contributed by atoms with Gasteiger partial charge >= 0.3 is 59.1 Å². The third-order valence-electron chi connectivity index (χ3n) is 22.6. The van der Waals surface area contributed by atoms with Crippen LogP contribution in [0.15, 0.2) is 60.7 Å². The molecule has 770 valence electrons. The summed E-state index contributed by atoms with van der Waals surface area (Å²) < 4.78 is 237. The number of methoxy groups -OCH3 is 15. The molecule has 5 aliphatic rings. The molecule has 52 heteroatoms. The van der Waals surface area contributed by atoms with Crippen molar-refractivity contribution < 1.29 is 221 Å². The Bertz CT molecular complexity index is 4320. The van der Waals surface area contributed by atoms with E-state index in [0.717, 1.165) is 93.3 Å². The van der Waals surface area contributed by atoms with Crippen molar-refractivity contribution in [3.8, 4) is 86.2 Å². The van der Waals surface area contributed by atoms with Gasteiger partial charge in [0.1, 0.15) is 17.3 Å². The van der Waals surface area contributed by atoms with Crippen LogP contribution in [-0.4, -0.2) is 469 Å².